The number of carbonyl (C=O) groups is 1. The van der Waals surface area contributed by atoms with E-state index in [1.165, 1.54) is 0 Å². The van der Waals surface area contributed by atoms with Crippen molar-refractivity contribution in [1.29, 1.82) is 0 Å². The van der Waals surface area contributed by atoms with Crippen molar-refractivity contribution in [3.05, 3.63) is 89.6 Å². The molecule has 0 bridgehead atoms. The van der Waals surface area contributed by atoms with Crippen LogP contribution in [0.4, 0.5) is 0 Å². The van der Waals surface area contributed by atoms with Crippen molar-refractivity contribution in [2.75, 3.05) is 20.2 Å². The third kappa shape index (κ3) is 6.40. The van der Waals surface area contributed by atoms with E-state index in [-0.39, 0.29) is 17.4 Å². The van der Waals surface area contributed by atoms with Crippen LogP contribution >= 0.6 is 0 Å². The van der Waals surface area contributed by atoms with Gasteiger partial charge in [-0.3, -0.25) is 9.48 Å². The molecular formula is C31H40N6O2. The zero-order valence-corrected chi connectivity index (χ0v) is 23.9. The first-order valence-corrected chi connectivity index (χ1v) is 13.4. The Morgan fingerprint density at radius 1 is 1.10 bits per heavy atom. The molecule has 1 amide bonds. The van der Waals surface area contributed by atoms with Crippen molar-refractivity contribution in [3.8, 4) is 17.0 Å². The zero-order valence-electron chi connectivity index (χ0n) is 23.9. The molecular weight excluding hydrogens is 488 g/mol. The third-order valence-corrected chi connectivity index (χ3v) is 6.94. The number of aryl methyl sites for hydroxylation is 2. The summed E-state index contributed by atoms with van der Waals surface area (Å²) in [7, 11) is 3.52. The van der Waals surface area contributed by atoms with Crippen LogP contribution in [0.3, 0.4) is 0 Å². The molecule has 8 heteroatoms. The number of nitrogens with zero attached hydrogens (tertiary/aromatic N) is 5. The standard InChI is InChI=1S/C31H40N6O2/c1-22-18-26(34-35(22)5)30(38)37(17-11-16-32)28(31(2,3)4)29-33-27(24-13-8-7-9-14-24)21-36(29)20-23-12-10-15-25(19-23)39-6/h7-10,12-15,18-19,21,28H,11,16-17,20,32H2,1-6H3/t28-/m0/s1. The lowest BCUT2D eigenvalue weighted by Crippen LogP contribution is -2.43. The molecule has 0 aliphatic carbocycles. The van der Waals surface area contributed by atoms with Crippen molar-refractivity contribution in [1.82, 2.24) is 24.2 Å². The normalized spacial score (nSPS) is 12.4. The molecule has 0 aliphatic heterocycles. The maximum Gasteiger partial charge on any atom is 0.275 e. The molecule has 0 saturated heterocycles. The second kappa shape index (κ2) is 11.9. The predicted octanol–water partition coefficient (Wildman–Crippen LogP) is 5.23. The van der Waals surface area contributed by atoms with Crippen LogP contribution in [0.5, 0.6) is 5.75 Å². The molecule has 2 N–H and O–H groups in total. The van der Waals surface area contributed by atoms with E-state index in [1.54, 1.807) is 11.8 Å². The second-order valence-electron chi connectivity index (χ2n) is 11.0. The van der Waals surface area contributed by atoms with Crippen molar-refractivity contribution in [3.63, 3.8) is 0 Å². The number of nitrogens with two attached hydrogens (primary N) is 1. The molecule has 1 atom stereocenters. The molecule has 0 saturated carbocycles. The highest BCUT2D eigenvalue weighted by Crippen LogP contribution is 2.40. The second-order valence-corrected chi connectivity index (χ2v) is 11.0. The first-order chi connectivity index (χ1) is 18.6. The van der Waals surface area contributed by atoms with Crippen molar-refractivity contribution >= 4 is 5.91 Å². The van der Waals surface area contributed by atoms with Gasteiger partial charge >= 0.3 is 0 Å². The van der Waals surface area contributed by atoms with Crippen LogP contribution < -0.4 is 10.5 Å². The number of carbonyl (C=O) groups excluding carboxylic acids is 1. The van der Waals surface area contributed by atoms with Crippen molar-refractivity contribution < 1.29 is 9.53 Å². The number of aromatic nitrogens is 4. The summed E-state index contributed by atoms with van der Waals surface area (Å²) in [6, 6.07) is 19.7. The predicted molar refractivity (Wildman–Crippen MR) is 155 cm³/mol. The number of benzene rings is 2. The smallest absolute Gasteiger partial charge is 0.275 e. The summed E-state index contributed by atoms with van der Waals surface area (Å²) in [5, 5.41) is 4.51. The van der Waals surface area contributed by atoms with Gasteiger partial charge in [0.15, 0.2) is 5.69 Å². The van der Waals surface area contributed by atoms with Gasteiger partial charge in [0.25, 0.3) is 5.91 Å². The lowest BCUT2D eigenvalue weighted by molar-refractivity contribution is 0.0476. The van der Waals surface area contributed by atoms with E-state index < -0.39 is 0 Å². The Bertz CT molecular complexity index is 1380. The van der Waals surface area contributed by atoms with Crippen LogP contribution in [0.1, 0.15) is 60.8 Å². The summed E-state index contributed by atoms with van der Waals surface area (Å²) >= 11 is 0. The van der Waals surface area contributed by atoms with Crippen LogP contribution in [0, 0.1) is 12.3 Å². The molecule has 206 valence electrons. The van der Waals surface area contributed by atoms with E-state index in [2.05, 4.69) is 54.8 Å². The van der Waals surface area contributed by atoms with E-state index in [1.807, 2.05) is 61.3 Å². The molecule has 0 spiro atoms. The minimum absolute atomic E-state index is 0.121. The average molecular weight is 529 g/mol. The molecule has 4 aromatic rings. The summed E-state index contributed by atoms with van der Waals surface area (Å²) in [6.45, 7) is 9.96. The van der Waals surface area contributed by atoms with E-state index in [0.717, 1.165) is 34.1 Å². The fourth-order valence-corrected chi connectivity index (χ4v) is 4.91. The maximum atomic E-state index is 14.1. The molecule has 0 aliphatic rings. The topological polar surface area (TPSA) is 91.2 Å². The monoisotopic (exact) mass is 528 g/mol. The summed E-state index contributed by atoms with van der Waals surface area (Å²) < 4.78 is 9.37. The Morgan fingerprint density at radius 2 is 1.85 bits per heavy atom. The van der Waals surface area contributed by atoms with Crippen LogP contribution in [-0.2, 0) is 13.6 Å². The van der Waals surface area contributed by atoms with Gasteiger partial charge in [0, 0.05) is 37.6 Å². The molecule has 0 fully saturated rings. The number of hydrogen-bond donors (Lipinski definition) is 1. The SMILES string of the molecule is COc1cccc(Cn2cc(-c3ccccc3)nc2[C@H](N(CCCN)C(=O)c2cc(C)n(C)n2)C(C)(C)C)c1. The molecule has 2 aromatic carbocycles. The quantitative estimate of drug-likeness (QED) is 0.304. The number of imidazole rings is 1. The Labute approximate surface area is 231 Å². The van der Waals surface area contributed by atoms with Crippen LogP contribution in [0.15, 0.2) is 66.9 Å². The molecule has 4 rings (SSSR count). The molecule has 8 nitrogen and oxygen atoms in total. The Kier molecular flexibility index (Phi) is 8.55. The number of amides is 1. The van der Waals surface area contributed by atoms with Gasteiger partial charge in [0.1, 0.15) is 11.6 Å². The molecule has 0 unspecified atom stereocenters. The largest absolute Gasteiger partial charge is 0.497 e. The highest BCUT2D eigenvalue weighted by molar-refractivity contribution is 5.92. The Balaban J connectivity index is 1.87. The number of methoxy groups -OCH3 is 1. The zero-order chi connectivity index (χ0) is 28.2. The van der Waals surface area contributed by atoms with Crippen LogP contribution in [-0.4, -0.2) is 50.3 Å². The first kappa shape index (κ1) is 28.1. The van der Waals surface area contributed by atoms with Gasteiger partial charge < -0.3 is 19.9 Å². The Morgan fingerprint density at radius 3 is 2.46 bits per heavy atom. The highest BCUT2D eigenvalue weighted by atomic mass is 16.5. The van der Waals surface area contributed by atoms with Gasteiger partial charge in [-0.2, -0.15) is 5.10 Å². The van der Waals surface area contributed by atoms with Crippen molar-refractivity contribution in [2.45, 2.75) is 46.7 Å². The van der Waals surface area contributed by atoms with E-state index in [4.69, 9.17) is 15.5 Å². The first-order valence-electron chi connectivity index (χ1n) is 13.4. The highest BCUT2D eigenvalue weighted by Gasteiger charge is 2.39. The lowest BCUT2D eigenvalue weighted by atomic mass is 9.84. The molecule has 2 heterocycles. The minimum Gasteiger partial charge on any atom is -0.497 e. The van der Waals surface area contributed by atoms with Crippen LogP contribution in [0.2, 0.25) is 0 Å². The van der Waals surface area contributed by atoms with Crippen LogP contribution in [0.25, 0.3) is 11.3 Å². The summed E-state index contributed by atoms with van der Waals surface area (Å²) in [5.41, 5.74) is 9.93. The van der Waals surface area contributed by atoms with Gasteiger partial charge in [-0.05, 0) is 49.1 Å². The number of rotatable bonds is 10. The van der Waals surface area contributed by atoms with Gasteiger partial charge in [-0.15, -0.1) is 0 Å². The van der Waals surface area contributed by atoms with Gasteiger partial charge in [0.2, 0.25) is 0 Å². The lowest BCUT2D eigenvalue weighted by Gasteiger charge is -2.39. The van der Waals surface area contributed by atoms with Gasteiger partial charge in [0.05, 0.1) is 18.8 Å². The molecule has 39 heavy (non-hydrogen) atoms. The van der Waals surface area contributed by atoms with Crippen molar-refractivity contribution in [2.24, 2.45) is 18.2 Å². The minimum atomic E-state index is -0.334. The maximum absolute atomic E-state index is 14.1. The number of ether oxygens (including phenoxy) is 1. The van der Waals surface area contributed by atoms with E-state index in [9.17, 15) is 4.79 Å². The summed E-state index contributed by atoms with van der Waals surface area (Å²) in [5.74, 6) is 1.50. The van der Waals surface area contributed by atoms with E-state index >= 15 is 0 Å². The fraction of sp³-hybridized carbons (Fsp3) is 0.387. The van der Waals surface area contributed by atoms with E-state index in [0.29, 0.717) is 31.7 Å². The summed E-state index contributed by atoms with van der Waals surface area (Å²) in [4.78, 5) is 21.2. The van der Waals surface area contributed by atoms with Gasteiger partial charge in [-0.25, -0.2) is 4.98 Å². The third-order valence-electron chi connectivity index (χ3n) is 6.94. The molecule has 0 radical (unpaired) electrons. The Hall–Kier alpha value is -3.91. The summed E-state index contributed by atoms with van der Waals surface area (Å²) in [6.07, 6.45) is 2.76. The molecule has 2 aromatic heterocycles. The number of hydrogen-bond acceptors (Lipinski definition) is 5. The average Bonchev–Trinajstić information content (AvgIpc) is 3.48. The van der Waals surface area contributed by atoms with Gasteiger partial charge in [-0.1, -0.05) is 63.2 Å². The fourth-order valence-electron chi connectivity index (χ4n) is 4.91.